The number of carboxylic acid groups (broad SMARTS) is 1. The van der Waals surface area contributed by atoms with Crippen molar-refractivity contribution in [1.82, 2.24) is 4.98 Å². The minimum atomic E-state index is -1.14. The third-order valence-corrected chi connectivity index (χ3v) is 7.88. The Kier molecular flexibility index (Phi) is 6.82. The quantitative estimate of drug-likeness (QED) is 0.289. The molecule has 1 aliphatic rings. The van der Waals surface area contributed by atoms with Crippen molar-refractivity contribution in [3.05, 3.63) is 81.4 Å². The molecule has 0 saturated heterocycles. The molecule has 0 spiro atoms. The maximum Gasteiger partial charge on any atom is 0.337 e. The van der Waals surface area contributed by atoms with Crippen molar-refractivity contribution >= 4 is 27.5 Å². The number of hydrogen-bond donors (Lipinski definition) is 1. The van der Waals surface area contributed by atoms with E-state index in [4.69, 9.17) is 14.5 Å². The highest BCUT2D eigenvalue weighted by atomic mass is 32.1. The molecule has 0 unspecified atom stereocenters. The first-order valence-electron chi connectivity index (χ1n) is 12.8. The molecule has 0 fully saturated rings. The second kappa shape index (κ2) is 9.92. The molecule has 0 aliphatic carbocycles. The van der Waals surface area contributed by atoms with Gasteiger partial charge in [0.2, 0.25) is 0 Å². The van der Waals surface area contributed by atoms with Gasteiger partial charge in [0.25, 0.3) is 0 Å². The fourth-order valence-electron chi connectivity index (χ4n) is 5.10. The average molecular weight is 516 g/mol. The lowest BCUT2D eigenvalue weighted by molar-refractivity contribution is -0.160. The number of carbonyl (C=O) groups is 1. The molecule has 1 aliphatic heterocycles. The summed E-state index contributed by atoms with van der Waals surface area (Å²) in [5.41, 5.74) is 7.04. The van der Waals surface area contributed by atoms with E-state index in [1.165, 1.54) is 16.0 Å². The molecule has 5 rings (SSSR count). The first kappa shape index (κ1) is 25.4. The summed E-state index contributed by atoms with van der Waals surface area (Å²) >= 11 is 1.68. The number of hydrogen-bond acceptors (Lipinski definition) is 5. The van der Waals surface area contributed by atoms with Gasteiger partial charge in [0.1, 0.15) is 5.75 Å². The predicted octanol–water partition coefficient (Wildman–Crippen LogP) is 7.44. The van der Waals surface area contributed by atoms with Crippen molar-refractivity contribution in [2.45, 2.75) is 65.6 Å². The van der Waals surface area contributed by atoms with Gasteiger partial charge in [-0.3, -0.25) is 4.98 Å². The van der Waals surface area contributed by atoms with E-state index < -0.39 is 17.7 Å². The maximum atomic E-state index is 12.6. The van der Waals surface area contributed by atoms with Crippen LogP contribution in [0.25, 0.3) is 21.3 Å². The zero-order valence-corrected chi connectivity index (χ0v) is 22.9. The number of carboxylic acids is 1. The number of nitrogens with zero attached hydrogens (tertiary/aromatic N) is 1. The monoisotopic (exact) mass is 515 g/mol. The van der Waals surface area contributed by atoms with Crippen molar-refractivity contribution in [3.8, 4) is 16.9 Å². The normalized spacial score (nSPS) is 14.3. The van der Waals surface area contributed by atoms with Gasteiger partial charge in [-0.2, -0.15) is 0 Å². The Morgan fingerprint density at radius 1 is 1.16 bits per heavy atom. The van der Waals surface area contributed by atoms with Crippen LogP contribution in [0.3, 0.4) is 0 Å². The fourth-order valence-corrected chi connectivity index (χ4v) is 6.30. The van der Waals surface area contributed by atoms with Gasteiger partial charge in [0, 0.05) is 28.1 Å². The number of thiophene rings is 1. The summed E-state index contributed by atoms with van der Waals surface area (Å²) in [6, 6.07) is 16.6. The van der Waals surface area contributed by atoms with E-state index in [2.05, 4.69) is 37.3 Å². The molecule has 4 aromatic rings. The van der Waals surface area contributed by atoms with Crippen molar-refractivity contribution in [3.63, 3.8) is 0 Å². The van der Waals surface area contributed by atoms with Gasteiger partial charge in [0.15, 0.2) is 6.10 Å². The molecular formula is C31H33NO4S. The second-order valence-electron chi connectivity index (χ2n) is 10.7. The predicted molar refractivity (Wildman–Crippen MR) is 149 cm³/mol. The van der Waals surface area contributed by atoms with Crippen molar-refractivity contribution in [1.29, 1.82) is 0 Å². The number of rotatable bonds is 6. The zero-order valence-electron chi connectivity index (χ0n) is 22.1. The molecule has 0 radical (unpaired) electrons. The molecule has 6 heteroatoms. The highest BCUT2D eigenvalue weighted by Crippen LogP contribution is 2.45. The Balaban J connectivity index is 1.78. The SMILES string of the molecule is Cc1nc2c(Cc3ccccc3)c(C)sc2c(-c2ccc3c(c2)CCCO3)c1[C@H](OC(C)(C)C)C(=O)O. The molecule has 2 aromatic heterocycles. The van der Waals surface area contributed by atoms with E-state index in [1.807, 2.05) is 45.9 Å². The number of aliphatic carboxylic acids is 1. The van der Waals surface area contributed by atoms with E-state index in [0.29, 0.717) is 11.3 Å². The minimum Gasteiger partial charge on any atom is -0.493 e. The van der Waals surface area contributed by atoms with Crippen LogP contribution in [0.4, 0.5) is 0 Å². The van der Waals surface area contributed by atoms with E-state index in [0.717, 1.165) is 58.5 Å². The fraction of sp³-hybridized carbons (Fsp3) is 0.355. The van der Waals surface area contributed by atoms with Crippen molar-refractivity contribution < 1.29 is 19.4 Å². The van der Waals surface area contributed by atoms with Crippen LogP contribution in [0.15, 0.2) is 48.5 Å². The first-order chi connectivity index (χ1) is 17.6. The van der Waals surface area contributed by atoms with Crippen LogP contribution < -0.4 is 4.74 Å². The van der Waals surface area contributed by atoms with Gasteiger partial charge >= 0.3 is 5.97 Å². The molecule has 1 atom stereocenters. The number of aromatic nitrogens is 1. The average Bonchev–Trinajstić information content (AvgIpc) is 3.16. The lowest BCUT2D eigenvalue weighted by Crippen LogP contribution is -2.28. The number of fused-ring (bicyclic) bond motifs is 2. The van der Waals surface area contributed by atoms with E-state index in [1.54, 1.807) is 11.3 Å². The second-order valence-corrected chi connectivity index (χ2v) is 11.9. The maximum absolute atomic E-state index is 12.6. The Bertz CT molecular complexity index is 1470. The van der Waals surface area contributed by atoms with Crippen LogP contribution >= 0.6 is 11.3 Å². The van der Waals surface area contributed by atoms with Gasteiger partial charge in [-0.25, -0.2) is 4.79 Å². The van der Waals surface area contributed by atoms with E-state index >= 15 is 0 Å². The summed E-state index contributed by atoms with van der Waals surface area (Å²) < 4.78 is 13.0. The largest absolute Gasteiger partial charge is 0.493 e. The number of aryl methyl sites for hydroxylation is 3. The number of ether oxygens (including phenoxy) is 2. The van der Waals surface area contributed by atoms with Crippen LogP contribution in [0, 0.1) is 13.8 Å². The molecule has 0 amide bonds. The summed E-state index contributed by atoms with van der Waals surface area (Å²) in [7, 11) is 0. The topological polar surface area (TPSA) is 68.7 Å². The number of benzene rings is 2. The van der Waals surface area contributed by atoms with Crippen LogP contribution in [-0.2, 0) is 22.4 Å². The molecule has 3 heterocycles. The molecular weight excluding hydrogens is 482 g/mol. The Morgan fingerprint density at radius 2 is 1.92 bits per heavy atom. The van der Waals surface area contributed by atoms with E-state index in [-0.39, 0.29) is 0 Å². The molecule has 192 valence electrons. The summed E-state index contributed by atoms with van der Waals surface area (Å²) in [5.74, 6) is -0.106. The van der Waals surface area contributed by atoms with Crippen LogP contribution in [0.1, 0.15) is 66.1 Å². The van der Waals surface area contributed by atoms with Crippen molar-refractivity contribution in [2.24, 2.45) is 0 Å². The van der Waals surface area contributed by atoms with Crippen LogP contribution in [0.5, 0.6) is 5.75 Å². The van der Waals surface area contributed by atoms with Gasteiger partial charge in [-0.05, 0) is 81.8 Å². The van der Waals surface area contributed by atoms with Crippen molar-refractivity contribution in [2.75, 3.05) is 6.61 Å². The Morgan fingerprint density at radius 3 is 2.62 bits per heavy atom. The summed E-state index contributed by atoms with van der Waals surface area (Å²) in [4.78, 5) is 18.9. The molecule has 2 aromatic carbocycles. The number of pyridine rings is 1. The molecule has 0 saturated carbocycles. The molecule has 1 N–H and O–H groups in total. The molecule has 5 nitrogen and oxygen atoms in total. The van der Waals surface area contributed by atoms with Gasteiger partial charge in [0.05, 0.1) is 22.4 Å². The smallest absolute Gasteiger partial charge is 0.337 e. The Labute approximate surface area is 222 Å². The lowest BCUT2D eigenvalue weighted by Gasteiger charge is -2.28. The molecule has 0 bridgehead atoms. The van der Waals surface area contributed by atoms with Gasteiger partial charge in [-0.15, -0.1) is 11.3 Å². The third kappa shape index (κ3) is 5.13. The summed E-state index contributed by atoms with van der Waals surface area (Å²) in [6.45, 7) is 10.4. The first-order valence-corrected chi connectivity index (χ1v) is 13.6. The van der Waals surface area contributed by atoms with Crippen LogP contribution in [-0.4, -0.2) is 28.3 Å². The highest BCUT2D eigenvalue weighted by Gasteiger charge is 2.33. The lowest BCUT2D eigenvalue weighted by atomic mass is 9.91. The Hall–Kier alpha value is -3.22. The van der Waals surface area contributed by atoms with Crippen LogP contribution in [0.2, 0.25) is 0 Å². The summed E-state index contributed by atoms with van der Waals surface area (Å²) in [5, 5.41) is 10.3. The minimum absolute atomic E-state index is 0.624. The standard InChI is InChI=1S/C31H33NO4S/c1-18-25(28(30(33)34)36-31(3,4)5)26(22-13-14-24-21(17-22)12-9-15-35-24)29-27(32-18)23(19(2)37-29)16-20-10-7-6-8-11-20/h6-8,10-11,13-14,17,28H,9,12,15-16H2,1-5H3,(H,33,34)/t28-/m0/s1. The molecule has 37 heavy (non-hydrogen) atoms. The zero-order chi connectivity index (χ0) is 26.3. The van der Waals surface area contributed by atoms with Gasteiger partial charge in [-0.1, -0.05) is 36.4 Å². The summed E-state index contributed by atoms with van der Waals surface area (Å²) in [6.07, 6.45) is 1.55. The third-order valence-electron chi connectivity index (χ3n) is 6.73. The van der Waals surface area contributed by atoms with Gasteiger partial charge < -0.3 is 14.6 Å². The highest BCUT2D eigenvalue weighted by molar-refractivity contribution is 7.19. The van der Waals surface area contributed by atoms with E-state index in [9.17, 15) is 9.90 Å².